The highest BCUT2D eigenvalue weighted by molar-refractivity contribution is 6.04. The van der Waals surface area contributed by atoms with E-state index in [0.29, 0.717) is 16.5 Å². The number of hydrogen-bond donors (Lipinski definition) is 1. The molecular formula is C17H21N3O2. The van der Waals surface area contributed by atoms with Crippen LogP contribution in [0.5, 0.6) is 0 Å². The second-order valence-electron chi connectivity index (χ2n) is 6.19. The molecule has 0 saturated heterocycles. The smallest absolute Gasteiger partial charge is 0.274 e. The van der Waals surface area contributed by atoms with Crippen molar-refractivity contribution in [1.82, 2.24) is 15.1 Å². The van der Waals surface area contributed by atoms with Crippen molar-refractivity contribution in [2.45, 2.75) is 51.6 Å². The van der Waals surface area contributed by atoms with Crippen LogP contribution in [-0.4, -0.2) is 21.7 Å². The Kier molecular flexibility index (Phi) is 3.96. The molecule has 0 unspecified atom stereocenters. The lowest BCUT2D eigenvalue weighted by Gasteiger charge is -2.15. The molecule has 5 heteroatoms. The van der Waals surface area contributed by atoms with Gasteiger partial charge in [0, 0.05) is 11.4 Å². The summed E-state index contributed by atoms with van der Waals surface area (Å²) < 4.78 is 1.39. The van der Waals surface area contributed by atoms with Gasteiger partial charge in [-0.2, -0.15) is 5.10 Å². The molecular weight excluding hydrogens is 278 g/mol. The fraction of sp³-hybridized carbons (Fsp3) is 0.471. The average Bonchev–Trinajstić information content (AvgIpc) is 3.00. The van der Waals surface area contributed by atoms with E-state index in [9.17, 15) is 9.59 Å². The summed E-state index contributed by atoms with van der Waals surface area (Å²) in [6, 6.07) is 7.33. The molecule has 1 N–H and O–H groups in total. The summed E-state index contributed by atoms with van der Waals surface area (Å²) in [6.45, 7) is 3.78. The zero-order chi connectivity index (χ0) is 15.7. The van der Waals surface area contributed by atoms with E-state index in [4.69, 9.17) is 0 Å². The molecule has 0 aliphatic heterocycles. The topological polar surface area (TPSA) is 64.0 Å². The first-order chi connectivity index (χ1) is 10.6. The number of hydrogen-bond acceptors (Lipinski definition) is 3. The van der Waals surface area contributed by atoms with E-state index in [1.165, 1.54) is 4.68 Å². The van der Waals surface area contributed by atoms with Gasteiger partial charge in [0.15, 0.2) is 5.69 Å². The van der Waals surface area contributed by atoms with Gasteiger partial charge in [-0.3, -0.25) is 9.59 Å². The molecule has 5 nitrogen and oxygen atoms in total. The molecule has 1 saturated carbocycles. The van der Waals surface area contributed by atoms with E-state index in [-0.39, 0.29) is 23.6 Å². The maximum absolute atomic E-state index is 12.6. The van der Waals surface area contributed by atoms with Crippen LogP contribution in [0.1, 0.15) is 56.1 Å². The highest BCUT2D eigenvalue weighted by Gasteiger charge is 2.22. The van der Waals surface area contributed by atoms with Gasteiger partial charge in [0.25, 0.3) is 11.5 Å². The minimum absolute atomic E-state index is 0.0878. The van der Waals surface area contributed by atoms with Crippen molar-refractivity contribution in [2.75, 3.05) is 0 Å². The Balaban J connectivity index is 2.09. The van der Waals surface area contributed by atoms with Crippen LogP contribution in [0.15, 0.2) is 29.1 Å². The molecule has 0 radical (unpaired) electrons. The maximum atomic E-state index is 12.6. The zero-order valence-corrected chi connectivity index (χ0v) is 13.0. The van der Waals surface area contributed by atoms with Gasteiger partial charge in [-0.1, -0.05) is 31.0 Å². The maximum Gasteiger partial charge on any atom is 0.274 e. The number of carbonyl (C=O) groups excluding carboxylic acids is 1. The largest absolute Gasteiger partial charge is 0.348 e. The molecule has 22 heavy (non-hydrogen) atoms. The van der Waals surface area contributed by atoms with Crippen LogP contribution >= 0.6 is 0 Å². The number of aromatic nitrogens is 2. The summed E-state index contributed by atoms with van der Waals surface area (Å²) >= 11 is 0. The lowest BCUT2D eigenvalue weighted by molar-refractivity contribution is 0.0932. The summed E-state index contributed by atoms with van der Waals surface area (Å²) in [5.41, 5.74) is 0.193. The minimum atomic E-state index is -0.183. The molecule has 1 aromatic heterocycles. The average molecular weight is 299 g/mol. The Bertz CT molecular complexity index is 758. The fourth-order valence-corrected chi connectivity index (χ4v) is 3.05. The normalized spacial score (nSPS) is 15.6. The molecule has 3 rings (SSSR count). The standard InChI is InChI=1S/C17H21N3O2/c1-11(2)20-17(22)14-10-6-5-9-13(14)15(19-20)16(21)18-12-7-3-4-8-12/h5-6,9-12H,3-4,7-8H2,1-2H3,(H,18,21). The van der Waals surface area contributed by atoms with Crippen LogP contribution in [0, 0.1) is 0 Å². The van der Waals surface area contributed by atoms with Crippen LogP contribution in [-0.2, 0) is 0 Å². The quantitative estimate of drug-likeness (QED) is 0.947. The third-order valence-electron chi connectivity index (χ3n) is 4.22. The summed E-state index contributed by atoms with van der Waals surface area (Å²) in [6.07, 6.45) is 4.36. The minimum Gasteiger partial charge on any atom is -0.348 e. The fourth-order valence-electron chi connectivity index (χ4n) is 3.05. The van der Waals surface area contributed by atoms with E-state index in [1.54, 1.807) is 12.1 Å². The zero-order valence-electron chi connectivity index (χ0n) is 13.0. The molecule has 1 aliphatic carbocycles. The molecule has 0 spiro atoms. The highest BCUT2D eigenvalue weighted by atomic mass is 16.2. The molecule has 1 aliphatic rings. The van der Waals surface area contributed by atoms with E-state index >= 15 is 0 Å². The predicted molar refractivity (Wildman–Crippen MR) is 86.1 cm³/mol. The molecule has 1 heterocycles. The molecule has 1 amide bonds. The van der Waals surface area contributed by atoms with E-state index in [2.05, 4.69) is 10.4 Å². The first-order valence-corrected chi connectivity index (χ1v) is 7.90. The Morgan fingerprint density at radius 3 is 2.50 bits per heavy atom. The third-order valence-corrected chi connectivity index (χ3v) is 4.22. The van der Waals surface area contributed by atoms with Gasteiger partial charge in [0.1, 0.15) is 0 Å². The van der Waals surface area contributed by atoms with Gasteiger partial charge in [-0.15, -0.1) is 0 Å². The molecule has 2 aromatic rings. The van der Waals surface area contributed by atoms with E-state index < -0.39 is 0 Å². The van der Waals surface area contributed by atoms with Crippen molar-refractivity contribution in [3.05, 3.63) is 40.3 Å². The van der Waals surface area contributed by atoms with Gasteiger partial charge >= 0.3 is 0 Å². The molecule has 0 bridgehead atoms. The van der Waals surface area contributed by atoms with Crippen LogP contribution in [0.2, 0.25) is 0 Å². The molecule has 0 atom stereocenters. The predicted octanol–water partition coefficient (Wildman–Crippen LogP) is 2.65. The lowest BCUT2D eigenvalue weighted by Crippen LogP contribution is -2.36. The Labute approximate surface area is 129 Å². The van der Waals surface area contributed by atoms with Gasteiger partial charge in [0.05, 0.1) is 11.4 Å². The number of carbonyl (C=O) groups is 1. The van der Waals surface area contributed by atoms with Crippen molar-refractivity contribution >= 4 is 16.7 Å². The van der Waals surface area contributed by atoms with Crippen molar-refractivity contribution in [2.24, 2.45) is 0 Å². The van der Waals surface area contributed by atoms with E-state index in [0.717, 1.165) is 25.7 Å². The Morgan fingerprint density at radius 2 is 1.86 bits per heavy atom. The van der Waals surface area contributed by atoms with Crippen molar-refractivity contribution in [3.63, 3.8) is 0 Å². The monoisotopic (exact) mass is 299 g/mol. The Hall–Kier alpha value is -2.17. The first kappa shape index (κ1) is 14.8. The molecule has 1 aromatic carbocycles. The number of amides is 1. The number of nitrogens with zero attached hydrogens (tertiary/aromatic N) is 2. The van der Waals surface area contributed by atoms with Crippen molar-refractivity contribution < 1.29 is 4.79 Å². The van der Waals surface area contributed by atoms with Crippen LogP contribution in [0.3, 0.4) is 0 Å². The number of fused-ring (bicyclic) bond motifs is 1. The second-order valence-corrected chi connectivity index (χ2v) is 6.19. The first-order valence-electron chi connectivity index (χ1n) is 7.90. The molecule has 1 fully saturated rings. The van der Waals surface area contributed by atoms with Crippen molar-refractivity contribution in [3.8, 4) is 0 Å². The van der Waals surface area contributed by atoms with Gasteiger partial charge < -0.3 is 5.32 Å². The van der Waals surface area contributed by atoms with Gasteiger partial charge in [-0.05, 0) is 32.8 Å². The van der Waals surface area contributed by atoms with Crippen LogP contribution in [0.4, 0.5) is 0 Å². The number of nitrogens with one attached hydrogen (secondary N) is 1. The van der Waals surface area contributed by atoms with Crippen LogP contribution < -0.4 is 10.9 Å². The highest BCUT2D eigenvalue weighted by Crippen LogP contribution is 2.19. The molecule has 116 valence electrons. The summed E-state index contributed by atoms with van der Waals surface area (Å²) in [5.74, 6) is -0.183. The summed E-state index contributed by atoms with van der Waals surface area (Å²) in [7, 11) is 0. The summed E-state index contributed by atoms with van der Waals surface area (Å²) in [4.78, 5) is 25.1. The van der Waals surface area contributed by atoms with Crippen molar-refractivity contribution in [1.29, 1.82) is 0 Å². The van der Waals surface area contributed by atoms with Crippen LogP contribution in [0.25, 0.3) is 10.8 Å². The lowest BCUT2D eigenvalue weighted by atomic mass is 10.1. The summed E-state index contributed by atoms with van der Waals surface area (Å²) in [5, 5.41) is 8.56. The van der Waals surface area contributed by atoms with E-state index in [1.807, 2.05) is 26.0 Å². The number of benzene rings is 1. The second kappa shape index (κ2) is 5.91. The van der Waals surface area contributed by atoms with Gasteiger partial charge in [0.2, 0.25) is 0 Å². The SMILES string of the molecule is CC(C)n1nc(C(=O)NC2CCCC2)c2ccccc2c1=O. The third kappa shape index (κ3) is 2.63. The van der Waals surface area contributed by atoms with Gasteiger partial charge in [-0.25, -0.2) is 4.68 Å². The Morgan fingerprint density at radius 1 is 1.23 bits per heavy atom. The number of rotatable bonds is 3.